The van der Waals surface area contributed by atoms with Gasteiger partial charge in [0.05, 0.1) is 0 Å². The number of thioether (sulfide) groups is 1. The Hall–Kier alpha value is -2.28. The number of rotatable bonds is 12. The van der Waals surface area contributed by atoms with Gasteiger partial charge in [0.2, 0.25) is 0 Å². The molecule has 2 N–H and O–H groups in total. The lowest BCUT2D eigenvalue weighted by Crippen LogP contribution is -2.26. The van der Waals surface area contributed by atoms with Gasteiger partial charge in [0.1, 0.15) is 16.3 Å². The molecule has 0 aliphatic heterocycles. The number of benzene rings is 1. The normalized spacial score (nSPS) is 11.7. The molecule has 6 nitrogen and oxygen atoms in total. The minimum absolute atomic E-state index is 0.147. The second-order valence-electron chi connectivity index (χ2n) is 8.73. The number of aliphatic carboxylic acids is 1. The number of imidazole rings is 1. The van der Waals surface area contributed by atoms with Gasteiger partial charge in [-0.25, -0.2) is 4.98 Å². The molecule has 0 spiro atoms. The minimum Gasteiger partial charge on any atom is -0.480 e. The number of hydrogen-bond acceptors (Lipinski definition) is 4. The van der Waals surface area contributed by atoms with E-state index in [2.05, 4.69) is 35.6 Å². The number of hydrogen-bond donors (Lipinski definition) is 2. The van der Waals surface area contributed by atoms with Gasteiger partial charge in [-0.05, 0) is 44.7 Å². The summed E-state index contributed by atoms with van der Waals surface area (Å²) in [5, 5.41) is 12.3. The molecule has 0 aliphatic carbocycles. The molecule has 0 saturated carbocycles. The monoisotopic (exact) mass is 445 g/mol. The van der Waals surface area contributed by atoms with Crippen molar-refractivity contribution in [3.8, 4) is 11.4 Å². The van der Waals surface area contributed by atoms with Crippen molar-refractivity contribution < 1.29 is 14.7 Å². The molecule has 0 bridgehead atoms. The first-order valence-electron chi connectivity index (χ1n) is 11.0. The maximum absolute atomic E-state index is 12.6. The average molecular weight is 446 g/mol. The first-order chi connectivity index (χ1) is 14.6. The molecule has 2 aromatic rings. The summed E-state index contributed by atoms with van der Waals surface area (Å²) in [4.78, 5) is 29.5. The Morgan fingerprint density at radius 2 is 1.87 bits per heavy atom. The molecule has 0 atom stereocenters. The third kappa shape index (κ3) is 7.42. The van der Waals surface area contributed by atoms with E-state index in [-0.39, 0.29) is 5.91 Å². The Kier molecular flexibility index (Phi) is 9.16. The van der Waals surface area contributed by atoms with Crippen LogP contribution in [0.3, 0.4) is 0 Å². The highest BCUT2D eigenvalue weighted by molar-refractivity contribution is 8.01. The standard InChI is InChI=1S/C24H35N3O3S/c1-6-7-8-15-27-16-20(22(28)25-14-13-17(2)3)26-21(27)18-9-11-19(12-10-18)31-24(4,5)23(29)30/h9-12,16-17H,6-8,13-15H2,1-5H3,(H,25,28)(H,29,30). The number of carboxylic acid groups (broad SMARTS) is 1. The van der Waals surface area contributed by atoms with Gasteiger partial charge in [-0.15, -0.1) is 11.8 Å². The Morgan fingerprint density at radius 3 is 2.45 bits per heavy atom. The number of carbonyl (C=O) groups excluding carboxylic acids is 1. The van der Waals surface area contributed by atoms with E-state index in [4.69, 9.17) is 0 Å². The van der Waals surface area contributed by atoms with Gasteiger partial charge in [-0.2, -0.15) is 0 Å². The Bertz CT molecular complexity index is 873. The highest BCUT2D eigenvalue weighted by Gasteiger charge is 2.28. The van der Waals surface area contributed by atoms with Crippen molar-refractivity contribution >= 4 is 23.6 Å². The van der Waals surface area contributed by atoms with Gasteiger partial charge in [-0.1, -0.05) is 45.7 Å². The lowest BCUT2D eigenvalue weighted by atomic mass is 10.1. The number of aryl methyl sites for hydroxylation is 1. The van der Waals surface area contributed by atoms with Gasteiger partial charge in [0, 0.05) is 29.7 Å². The van der Waals surface area contributed by atoms with E-state index in [0.29, 0.717) is 18.2 Å². The maximum Gasteiger partial charge on any atom is 0.319 e. The molecule has 1 heterocycles. The smallest absolute Gasteiger partial charge is 0.319 e. The first-order valence-corrected chi connectivity index (χ1v) is 11.8. The van der Waals surface area contributed by atoms with Crippen LogP contribution in [0.15, 0.2) is 35.4 Å². The molecular weight excluding hydrogens is 410 g/mol. The highest BCUT2D eigenvalue weighted by atomic mass is 32.2. The van der Waals surface area contributed by atoms with Crippen LogP contribution in [0, 0.1) is 5.92 Å². The molecule has 0 saturated heterocycles. The number of carbonyl (C=O) groups is 2. The van der Waals surface area contributed by atoms with E-state index in [1.165, 1.54) is 11.8 Å². The summed E-state index contributed by atoms with van der Waals surface area (Å²) in [5.74, 6) is 0.303. The van der Waals surface area contributed by atoms with Crippen molar-refractivity contribution in [1.29, 1.82) is 0 Å². The Balaban J connectivity index is 2.23. The lowest BCUT2D eigenvalue weighted by Gasteiger charge is -2.18. The quantitative estimate of drug-likeness (QED) is 0.334. The fourth-order valence-corrected chi connectivity index (χ4v) is 3.98. The Labute approximate surface area is 189 Å². The number of carboxylic acids is 1. The fourth-order valence-electron chi connectivity index (χ4n) is 3.03. The van der Waals surface area contributed by atoms with Crippen LogP contribution in [0.1, 0.15) is 70.8 Å². The van der Waals surface area contributed by atoms with E-state index in [0.717, 1.165) is 48.5 Å². The van der Waals surface area contributed by atoms with E-state index >= 15 is 0 Å². The predicted molar refractivity (Wildman–Crippen MR) is 127 cm³/mol. The fraction of sp³-hybridized carbons (Fsp3) is 0.542. The van der Waals surface area contributed by atoms with E-state index in [9.17, 15) is 14.7 Å². The predicted octanol–water partition coefficient (Wildman–Crippen LogP) is 5.47. The summed E-state index contributed by atoms with van der Waals surface area (Å²) in [6, 6.07) is 7.72. The third-order valence-corrected chi connectivity index (χ3v) is 6.21. The van der Waals surface area contributed by atoms with Crippen molar-refractivity contribution in [2.45, 2.75) is 76.5 Å². The van der Waals surface area contributed by atoms with Gasteiger partial charge in [0.15, 0.2) is 0 Å². The zero-order chi connectivity index (χ0) is 23.0. The van der Waals surface area contributed by atoms with Crippen molar-refractivity contribution in [1.82, 2.24) is 14.9 Å². The molecule has 0 aliphatic rings. The average Bonchev–Trinajstić information content (AvgIpc) is 3.12. The maximum atomic E-state index is 12.6. The number of unbranched alkanes of at least 4 members (excludes halogenated alkanes) is 2. The molecule has 1 aromatic heterocycles. The summed E-state index contributed by atoms with van der Waals surface area (Å²) in [7, 11) is 0. The van der Waals surface area contributed by atoms with E-state index < -0.39 is 10.7 Å². The lowest BCUT2D eigenvalue weighted by molar-refractivity contribution is -0.138. The molecule has 0 fully saturated rings. The van der Waals surface area contributed by atoms with E-state index in [1.807, 2.05) is 30.5 Å². The molecule has 1 amide bonds. The molecule has 0 radical (unpaired) electrons. The van der Waals surface area contributed by atoms with Gasteiger partial charge >= 0.3 is 5.97 Å². The van der Waals surface area contributed by atoms with Crippen LogP contribution < -0.4 is 5.32 Å². The third-order valence-electron chi connectivity index (χ3n) is 5.02. The van der Waals surface area contributed by atoms with Crippen molar-refractivity contribution in [2.75, 3.05) is 6.54 Å². The topological polar surface area (TPSA) is 84.2 Å². The first kappa shape index (κ1) is 25.0. The summed E-state index contributed by atoms with van der Waals surface area (Å²) >= 11 is 1.31. The number of amides is 1. The molecule has 31 heavy (non-hydrogen) atoms. The molecule has 170 valence electrons. The van der Waals surface area contributed by atoms with Crippen LogP contribution in [0.5, 0.6) is 0 Å². The number of nitrogens with one attached hydrogen (secondary N) is 1. The van der Waals surface area contributed by atoms with Gasteiger partial charge in [0.25, 0.3) is 5.91 Å². The SMILES string of the molecule is CCCCCn1cc(C(=O)NCCC(C)C)nc1-c1ccc(SC(C)(C)C(=O)O)cc1. The van der Waals surface area contributed by atoms with Crippen LogP contribution in [-0.2, 0) is 11.3 Å². The van der Waals surface area contributed by atoms with Crippen LogP contribution in [0.4, 0.5) is 0 Å². The summed E-state index contributed by atoms with van der Waals surface area (Å²) < 4.78 is 1.15. The van der Waals surface area contributed by atoms with Crippen LogP contribution >= 0.6 is 11.8 Å². The van der Waals surface area contributed by atoms with Crippen molar-refractivity contribution in [3.05, 3.63) is 36.2 Å². The molecular formula is C24H35N3O3S. The second kappa shape index (κ2) is 11.4. The van der Waals surface area contributed by atoms with Crippen molar-refractivity contribution in [3.63, 3.8) is 0 Å². The van der Waals surface area contributed by atoms with Crippen LogP contribution in [-0.4, -0.2) is 37.8 Å². The summed E-state index contributed by atoms with van der Waals surface area (Å²) in [6.45, 7) is 11.3. The zero-order valence-corrected chi connectivity index (χ0v) is 20.1. The summed E-state index contributed by atoms with van der Waals surface area (Å²) in [6.07, 6.45) is 6.04. The molecule has 0 unspecified atom stereocenters. The van der Waals surface area contributed by atoms with Crippen LogP contribution in [0.25, 0.3) is 11.4 Å². The minimum atomic E-state index is -0.901. The number of aromatic nitrogens is 2. The van der Waals surface area contributed by atoms with Gasteiger partial charge < -0.3 is 15.0 Å². The Morgan fingerprint density at radius 1 is 1.19 bits per heavy atom. The second-order valence-corrected chi connectivity index (χ2v) is 10.4. The van der Waals surface area contributed by atoms with Crippen LogP contribution in [0.2, 0.25) is 0 Å². The van der Waals surface area contributed by atoms with Gasteiger partial charge in [-0.3, -0.25) is 9.59 Å². The largest absolute Gasteiger partial charge is 0.480 e. The zero-order valence-electron chi connectivity index (χ0n) is 19.3. The molecule has 1 aromatic carbocycles. The summed E-state index contributed by atoms with van der Waals surface area (Å²) in [5.41, 5.74) is 1.34. The molecule has 7 heteroatoms. The van der Waals surface area contributed by atoms with E-state index in [1.54, 1.807) is 13.8 Å². The van der Waals surface area contributed by atoms with Crippen molar-refractivity contribution in [2.24, 2.45) is 5.92 Å². The molecule has 2 rings (SSSR count). The number of nitrogens with zero attached hydrogens (tertiary/aromatic N) is 2. The highest BCUT2D eigenvalue weighted by Crippen LogP contribution is 2.33.